The van der Waals surface area contributed by atoms with Crippen molar-refractivity contribution in [1.29, 1.82) is 0 Å². The van der Waals surface area contributed by atoms with Gasteiger partial charge in [-0.1, -0.05) is 28.9 Å². The molecule has 156 valence electrons. The van der Waals surface area contributed by atoms with Crippen LogP contribution in [0.3, 0.4) is 0 Å². The zero-order chi connectivity index (χ0) is 21.4. The van der Waals surface area contributed by atoms with Crippen LogP contribution >= 0.6 is 11.8 Å². The van der Waals surface area contributed by atoms with E-state index in [2.05, 4.69) is 15.3 Å². The third-order valence-electron chi connectivity index (χ3n) is 5.13. The molecule has 9 nitrogen and oxygen atoms in total. The number of imide groups is 1. The lowest BCUT2D eigenvalue weighted by atomic mass is 10.0. The van der Waals surface area contributed by atoms with Crippen molar-refractivity contribution < 1.29 is 23.7 Å². The Bertz CT molecular complexity index is 1030. The van der Waals surface area contributed by atoms with Crippen LogP contribution in [0.2, 0.25) is 0 Å². The van der Waals surface area contributed by atoms with Crippen molar-refractivity contribution in [3.63, 3.8) is 0 Å². The molecule has 2 heterocycles. The van der Waals surface area contributed by atoms with E-state index in [1.807, 2.05) is 6.07 Å². The number of fused-ring (bicyclic) bond motifs is 1. The van der Waals surface area contributed by atoms with Gasteiger partial charge in [-0.05, 0) is 25.0 Å². The van der Waals surface area contributed by atoms with Gasteiger partial charge in [0, 0.05) is 5.92 Å². The Morgan fingerprint density at radius 1 is 1.30 bits per heavy atom. The van der Waals surface area contributed by atoms with Crippen LogP contribution in [0.15, 0.2) is 34.3 Å². The number of amidine groups is 2. The number of aliphatic imine (C=N–C) groups is 2. The van der Waals surface area contributed by atoms with Crippen LogP contribution in [-0.4, -0.2) is 71.0 Å². The van der Waals surface area contributed by atoms with Gasteiger partial charge in [0.25, 0.3) is 5.84 Å². The first-order valence-corrected chi connectivity index (χ1v) is 10.5. The molecule has 4 amide bonds. The molecule has 30 heavy (non-hydrogen) atoms. The van der Waals surface area contributed by atoms with Crippen molar-refractivity contribution in [2.75, 3.05) is 32.3 Å². The number of rotatable bonds is 5. The first-order valence-electron chi connectivity index (χ1n) is 9.55. The van der Waals surface area contributed by atoms with Gasteiger partial charge in [-0.3, -0.25) is 9.59 Å². The van der Waals surface area contributed by atoms with Crippen LogP contribution in [0.25, 0.3) is 0 Å². The SMILES string of the molecule is COc1ccccc1NC(=O)CSC1=NC(C2CC2)=NC2=[N+](C)C(=O)N(C)C(=O)C12. The van der Waals surface area contributed by atoms with E-state index < -0.39 is 11.9 Å². The van der Waals surface area contributed by atoms with Crippen molar-refractivity contribution in [2.24, 2.45) is 21.8 Å². The molecule has 0 saturated heterocycles. The molecule has 1 N–H and O–H groups in total. The summed E-state index contributed by atoms with van der Waals surface area (Å²) in [5.41, 5.74) is 0.572. The van der Waals surface area contributed by atoms with Crippen LogP contribution in [0.5, 0.6) is 5.75 Å². The summed E-state index contributed by atoms with van der Waals surface area (Å²) >= 11 is 1.19. The molecule has 2 aliphatic heterocycles. The molecule has 10 heteroatoms. The number of thioether (sulfide) groups is 1. The highest BCUT2D eigenvalue weighted by atomic mass is 32.2. The van der Waals surface area contributed by atoms with Crippen LogP contribution in [0, 0.1) is 11.8 Å². The molecule has 1 unspecified atom stereocenters. The number of urea groups is 1. The van der Waals surface area contributed by atoms with Gasteiger partial charge in [0.2, 0.25) is 11.7 Å². The second-order valence-corrected chi connectivity index (χ2v) is 8.26. The van der Waals surface area contributed by atoms with Crippen LogP contribution in [0.4, 0.5) is 10.5 Å². The first kappa shape index (κ1) is 20.3. The summed E-state index contributed by atoms with van der Waals surface area (Å²) in [6.07, 6.45) is 1.97. The number of para-hydroxylation sites is 2. The van der Waals surface area contributed by atoms with Gasteiger partial charge >= 0.3 is 11.9 Å². The van der Waals surface area contributed by atoms with Gasteiger partial charge in [0.05, 0.1) is 32.6 Å². The number of anilines is 1. The molecule has 3 aliphatic rings. The summed E-state index contributed by atoms with van der Waals surface area (Å²) in [4.78, 5) is 47.9. The Morgan fingerprint density at radius 2 is 2.03 bits per heavy atom. The second-order valence-electron chi connectivity index (χ2n) is 7.26. The van der Waals surface area contributed by atoms with Gasteiger partial charge < -0.3 is 10.1 Å². The average molecular weight is 428 g/mol. The third kappa shape index (κ3) is 3.74. The largest absolute Gasteiger partial charge is 0.495 e. The maximum Gasteiger partial charge on any atom is 0.445 e. The Balaban J connectivity index is 1.55. The maximum absolute atomic E-state index is 12.8. The standard InChI is InChI=1S/C20H21N5O4S/c1-24-17-15(19(27)25(2)20(24)28)18(23-16(22-17)11-8-9-11)30-10-14(26)21-12-6-4-5-7-13(12)29-3/h4-7,11,15H,8-10H2,1-3H3/p+1. The maximum atomic E-state index is 12.8. The Hall–Kier alpha value is -3.01. The highest BCUT2D eigenvalue weighted by Crippen LogP contribution is 2.35. The molecule has 4 rings (SSSR count). The average Bonchev–Trinajstić information content (AvgIpc) is 3.60. The van der Waals surface area contributed by atoms with Gasteiger partial charge in [0.1, 0.15) is 10.8 Å². The number of hydrogen-bond donors (Lipinski definition) is 1. The van der Waals surface area contributed by atoms with E-state index in [-0.39, 0.29) is 23.5 Å². The lowest BCUT2D eigenvalue weighted by Crippen LogP contribution is -2.54. The molecule has 1 aromatic carbocycles. The number of nitrogens with zero attached hydrogens (tertiary/aromatic N) is 4. The summed E-state index contributed by atoms with van der Waals surface area (Å²) in [6, 6.07) is 6.71. The molecule has 1 fully saturated rings. The van der Waals surface area contributed by atoms with Gasteiger partial charge in [-0.25, -0.2) is 9.79 Å². The second kappa shape index (κ2) is 8.02. The number of nitrogens with one attached hydrogen (secondary N) is 1. The normalized spacial score (nSPS) is 21.2. The summed E-state index contributed by atoms with van der Waals surface area (Å²) in [6.45, 7) is 0. The van der Waals surface area contributed by atoms with Crippen LogP contribution in [0.1, 0.15) is 12.8 Å². The number of amides is 4. The minimum Gasteiger partial charge on any atom is -0.495 e. The van der Waals surface area contributed by atoms with E-state index in [1.165, 1.54) is 30.5 Å². The van der Waals surface area contributed by atoms with Crippen LogP contribution in [-0.2, 0) is 9.59 Å². The molecular formula is C20H22N5O4S+. The number of methoxy groups -OCH3 is 1. The van der Waals surface area contributed by atoms with Crippen molar-refractivity contribution >= 4 is 52.0 Å². The lowest BCUT2D eigenvalue weighted by molar-refractivity contribution is -0.407. The van der Waals surface area contributed by atoms with E-state index in [4.69, 9.17) is 4.74 Å². The molecular weight excluding hydrogens is 406 g/mol. The summed E-state index contributed by atoms with van der Waals surface area (Å²) in [7, 11) is 4.58. The zero-order valence-corrected chi connectivity index (χ0v) is 17.7. The van der Waals surface area contributed by atoms with Crippen molar-refractivity contribution in [3.05, 3.63) is 24.3 Å². The van der Waals surface area contributed by atoms with Gasteiger partial charge in [-0.15, -0.1) is 0 Å². The molecule has 1 saturated carbocycles. The van der Waals surface area contributed by atoms with E-state index in [0.29, 0.717) is 28.2 Å². The quantitative estimate of drug-likeness (QED) is 0.721. The summed E-state index contributed by atoms with van der Waals surface area (Å²) < 4.78 is 6.64. The molecule has 0 radical (unpaired) electrons. The van der Waals surface area contributed by atoms with Crippen molar-refractivity contribution in [3.8, 4) is 5.75 Å². The fraction of sp³-hybridized carbons (Fsp3) is 0.400. The van der Waals surface area contributed by atoms with E-state index in [0.717, 1.165) is 17.7 Å². The molecule has 0 bridgehead atoms. The number of carbonyl (C=O) groups is 3. The zero-order valence-electron chi connectivity index (χ0n) is 16.9. The fourth-order valence-electron chi connectivity index (χ4n) is 3.30. The number of carbonyl (C=O) groups excluding carboxylic acids is 3. The molecule has 1 aromatic rings. The highest BCUT2D eigenvalue weighted by Gasteiger charge is 2.50. The summed E-state index contributed by atoms with van der Waals surface area (Å²) in [5, 5.41) is 3.31. The van der Waals surface area contributed by atoms with Gasteiger partial charge in [0.15, 0.2) is 5.92 Å². The smallest absolute Gasteiger partial charge is 0.445 e. The lowest BCUT2D eigenvalue weighted by Gasteiger charge is -2.26. The Labute approximate surface area is 177 Å². The molecule has 1 aliphatic carbocycles. The number of ether oxygens (including phenoxy) is 1. The Kier molecular flexibility index (Phi) is 5.42. The predicted octanol–water partition coefficient (Wildman–Crippen LogP) is 1.84. The topological polar surface area (TPSA) is 103 Å². The van der Waals surface area contributed by atoms with Crippen LogP contribution < -0.4 is 10.1 Å². The van der Waals surface area contributed by atoms with Crippen molar-refractivity contribution in [1.82, 2.24) is 4.90 Å². The summed E-state index contributed by atoms with van der Waals surface area (Å²) in [5.74, 6) is 0.479. The van der Waals surface area contributed by atoms with Crippen molar-refractivity contribution in [2.45, 2.75) is 12.8 Å². The Morgan fingerprint density at radius 3 is 2.73 bits per heavy atom. The fourth-order valence-corrected chi connectivity index (χ4v) is 4.19. The molecule has 0 aromatic heterocycles. The molecule has 0 spiro atoms. The minimum atomic E-state index is -0.774. The van der Waals surface area contributed by atoms with E-state index >= 15 is 0 Å². The molecule has 1 atom stereocenters. The minimum absolute atomic E-state index is 0.0628. The monoisotopic (exact) mass is 428 g/mol. The predicted molar refractivity (Wildman–Crippen MR) is 115 cm³/mol. The third-order valence-corrected chi connectivity index (χ3v) is 6.16. The van der Waals surface area contributed by atoms with Gasteiger partial charge in [-0.2, -0.15) is 9.48 Å². The number of benzene rings is 1. The number of hydrogen-bond acceptors (Lipinski definition) is 7. The van der Waals surface area contributed by atoms with E-state index in [9.17, 15) is 14.4 Å². The first-order chi connectivity index (χ1) is 14.4. The van der Waals surface area contributed by atoms with E-state index in [1.54, 1.807) is 25.2 Å². The highest BCUT2D eigenvalue weighted by molar-refractivity contribution is 8.14.